The Hall–Kier alpha value is -1.68. The van der Waals surface area contributed by atoms with Gasteiger partial charge >= 0.3 is 0 Å². The van der Waals surface area contributed by atoms with E-state index in [-0.39, 0.29) is 13.2 Å². The fourth-order valence-electron chi connectivity index (χ4n) is 3.65. The average Bonchev–Trinajstić information content (AvgIpc) is 3.11. The van der Waals surface area contributed by atoms with E-state index in [1.54, 1.807) is 11.3 Å². The Morgan fingerprint density at radius 3 is 2.77 bits per heavy atom. The average molecular weight is 372 g/mol. The first-order chi connectivity index (χ1) is 12.6. The van der Waals surface area contributed by atoms with Crippen LogP contribution in [0.25, 0.3) is 0 Å². The van der Waals surface area contributed by atoms with Crippen molar-refractivity contribution in [2.75, 3.05) is 26.3 Å². The lowest BCUT2D eigenvalue weighted by Gasteiger charge is -2.45. The summed E-state index contributed by atoms with van der Waals surface area (Å²) in [5.41, 5.74) is 1.53. The summed E-state index contributed by atoms with van der Waals surface area (Å²) in [5.74, 6) is 5.60. The molecular weight excluding hydrogens is 346 g/mol. The highest BCUT2D eigenvalue weighted by molar-refractivity contribution is 7.10. The third-order valence-corrected chi connectivity index (χ3v) is 5.94. The smallest absolute Gasteiger partial charge is 0.104 e. The number of piperidine rings is 1. The van der Waals surface area contributed by atoms with Gasteiger partial charge in [0.15, 0.2) is 0 Å². The van der Waals surface area contributed by atoms with Gasteiger partial charge in [0.1, 0.15) is 6.61 Å². The molecule has 0 radical (unpaired) electrons. The molecule has 0 amide bonds. The first-order valence-electron chi connectivity index (χ1n) is 8.87. The van der Waals surface area contributed by atoms with Crippen LogP contribution in [0.3, 0.4) is 0 Å². The second-order valence-electron chi connectivity index (χ2n) is 6.96. The van der Waals surface area contributed by atoms with Gasteiger partial charge in [0.2, 0.25) is 0 Å². The molecule has 3 N–H and O–H groups in total. The van der Waals surface area contributed by atoms with Gasteiger partial charge in [-0.05, 0) is 24.5 Å². The maximum atomic E-state index is 10.6. The Balaban J connectivity index is 1.71. The van der Waals surface area contributed by atoms with E-state index in [0.717, 1.165) is 24.2 Å². The quantitative estimate of drug-likeness (QED) is 0.703. The second-order valence-corrected chi connectivity index (χ2v) is 7.96. The molecule has 1 aliphatic heterocycles. The Morgan fingerprint density at radius 1 is 1.23 bits per heavy atom. The van der Waals surface area contributed by atoms with E-state index in [9.17, 15) is 10.2 Å². The minimum atomic E-state index is -0.531. The van der Waals surface area contributed by atoms with Gasteiger partial charge < -0.3 is 15.3 Å². The summed E-state index contributed by atoms with van der Waals surface area (Å²) < 4.78 is 0. The van der Waals surface area contributed by atoms with Crippen LogP contribution in [-0.4, -0.2) is 52.6 Å². The van der Waals surface area contributed by atoms with Crippen molar-refractivity contribution >= 4 is 11.3 Å². The molecule has 1 aromatic carbocycles. The zero-order valence-corrected chi connectivity index (χ0v) is 15.6. The van der Waals surface area contributed by atoms with Crippen LogP contribution < -0.4 is 0 Å². The number of rotatable bonds is 5. The van der Waals surface area contributed by atoms with Gasteiger partial charge in [0.05, 0.1) is 12.7 Å². The Bertz CT molecular complexity index is 764. The number of aliphatic hydroxyl groups excluding tert-OH is 3. The number of hydrogen-bond donors (Lipinski definition) is 3. The molecule has 1 aliphatic rings. The normalized spacial score (nSPS) is 23.4. The number of nitrogens with zero attached hydrogens (tertiary/aromatic N) is 1. The fourth-order valence-corrected chi connectivity index (χ4v) is 4.51. The first kappa shape index (κ1) is 19.1. The number of thiophene rings is 1. The molecule has 2 atom stereocenters. The minimum Gasteiger partial charge on any atom is -0.396 e. The molecule has 26 heavy (non-hydrogen) atoms. The van der Waals surface area contributed by atoms with Crippen molar-refractivity contribution in [3.63, 3.8) is 0 Å². The lowest BCUT2D eigenvalue weighted by molar-refractivity contribution is -0.0766. The summed E-state index contributed by atoms with van der Waals surface area (Å²) in [7, 11) is 0. The van der Waals surface area contributed by atoms with Gasteiger partial charge in [-0.25, -0.2) is 0 Å². The highest BCUT2D eigenvalue weighted by Crippen LogP contribution is 2.35. The molecule has 138 valence electrons. The Morgan fingerprint density at radius 2 is 2.04 bits per heavy atom. The molecule has 0 unspecified atom stereocenters. The van der Waals surface area contributed by atoms with Crippen LogP contribution in [0, 0.1) is 17.3 Å². The number of likely N-dealkylation sites (tertiary alicyclic amines) is 1. The number of benzene rings is 1. The van der Waals surface area contributed by atoms with Crippen molar-refractivity contribution in [3.05, 3.63) is 57.8 Å². The van der Waals surface area contributed by atoms with Crippen molar-refractivity contribution in [1.82, 2.24) is 4.90 Å². The van der Waals surface area contributed by atoms with Crippen LogP contribution in [0.1, 0.15) is 22.4 Å². The SMILES string of the molecule is OCC#Cc1csc(CN2CC[C@H](O)[C@](CO)(Cc3ccccc3)C2)c1. The van der Waals surface area contributed by atoms with Crippen molar-refractivity contribution in [2.45, 2.75) is 25.5 Å². The zero-order chi connectivity index (χ0) is 18.4. The summed E-state index contributed by atoms with van der Waals surface area (Å²) in [5, 5.41) is 31.6. The lowest BCUT2D eigenvalue weighted by atomic mass is 9.73. The highest BCUT2D eigenvalue weighted by atomic mass is 32.1. The number of aliphatic hydroxyl groups is 3. The molecular formula is C21H25NO3S. The zero-order valence-electron chi connectivity index (χ0n) is 14.8. The van der Waals surface area contributed by atoms with Crippen LogP contribution in [0.4, 0.5) is 0 Å². The van der Waals surface area contributed by atoms with E-state index >= 15 is 0 Å². The van der Waals surface area contributed by atoms with E-state index in [1.165, 1.54) is 4.88 Å². The van der Waals surface area contributed by atoms with Crippen molar-refractivity contribution < 1.29 is 15.3 Å². The van der Waals surface area contributed by atoms with E-state index in [0.29, 0.717) is 19.4 Å². The van der Waals surface area contributed by atoms with E-state index in [1.807, 2.05) is 23.6 Å². The molecule has 5 heteroatoms. The van der Waals surface area contributed by atoms with E-state index in [2.05, 4.69) is 34.9 Å². The van der Waals surface area contributed by atoms with Gasteiger partial charge in [0, 0.05) is 40.9 Å². The molecule has 1 saturated heterocycles. The molecule has 3 rings (SSSR count). The summed E-state index contributed by atoms with van der Waals surface area (Å²) in [6, 6.07) is 12.1. The van der Waals surface area contributed by atoms with Crippen LogP contribution in [0.15, 0.2) is 41.8 Å². The Labute approximate surface area is 158 Å². The molecule has 1 aromatic heterocycles. The minimum absolute atomic E-state index is 0.0305. The molecule has 2 heterocycles. The van der Waals surface area contributed by atoms with Crippen LogP contribution in [0.2, 0.25) is 0 Å². The number of hydrogen-bond acceptors (Lipinski definition) is 5. The highest BCUT2D eigenvalue weighted by Gasteiger charge is 2.42. The molecule has 2 aromatic rings. The molecule has 1 fully saturated rings. The van der Waals surface area contributed by atoms with Gasteiger partial charge in [-0.15, -0.1) is 11.3 Å². The first-order valence-corrected chi connectivity index (χ1v) is 9.75. The predicted molar refractivity (Wildman–Crippen MR) is 104 cm³/mol. The predicted octanol–water partition coefficient (Wildman–Crippen LogP) is 1.88. The summed E-state index contributed by atoms with van der Waals surface area (Å²) >= 11 is 1.66. The molecule has 0 bridgehead atoms. The maximum absolute atomic E-state index is 10.6. The van der Waals surface area contributed by atoms with Crippen molar-refractivity contribution in [2.24, 2.45) is 5.41 Å². The summed E-state index contributed by atoms with van der Waals surface area (Å²) in [6.07, 6.45) is 0.827. The third-order valence-electron chi connectivity index (χ3n) is 5.02. The van der Waals surface area contributed by atoms with Crippen LogP contribution in [0.5, 0.6) is 0 Å². The van der Waals surface area contributed by atoms with Gasteiger partial charge in [0.25, 0.3) is 0 Å². The summed E-state index contributed by atoms with van der Waals surface area (Å²) in [6.45, 7) is 2.10. The van der Waals surface area contributed by atoms with E-state index in [4.69, 9.17) is 5.11 Å². The molecule has 4 nitrogen and oxygen atoms in total. The third kappa shape index (κ3) is 4.53. The standard InChI is InChI=1S/C21H25NO3S/c23-10-4-7-18-11-19(26-14-18)13-22-9-8-20(25)21(15-22,16-24)12-17-5-2-1-3-6-17/h1-3,5-6,11,14,20,23-25H,8-10,12-13,15-16H2/t20-,21+/m0/s1. The van der Waals surface area contributed by atoms with Crippen molar-refractivity contribution in [1.29, 1.82) is 0 Å². The largest absolute Gasteiger partial charge is 0.396 e. The fraction of sp³-hybridized carbons (Fsp3) is 0.429. The van der Waals surface area contributed by atoms with Crippen LogP contribution >= 0.6 is 11.3 Å². The van der Waals surface area contributed by atoms with Gasteiger partial charge in [-0.3, -0.25) is 4.90 Å². The van der Waals surface area contributed by atoms with Gasteiger partial charge in [-0.2, -0.15) is 0 Å². The van der Waals surface area contributed by atoms with E-state index < -0.39 is 11.5 Å². The second kappa shape index (κ2) is 8.81. The van der Waals surface area contributed by atoms with Crippen LogP contribution in [-0.2, 0) is 13.0 Å². The molecule has 0 saturated carbocycles. The maximum Gasteiger partial charge on any atom is 0.104 e. The van der Waals surface area contributed by atoms with Crippen molar-refractivity contribution in [3.8, 4) is 11.8 Å². The molecule has 0 aliphatic carbocycles. The molecule has 0 spiro atoms. The lowest BCUT2D eigenvalue weighted by Crippen LogP contribution is -2.54. The Kier molecular flexibility index (Phi) is 6.47. The topological polar surface area (TPSA) is 63.9 Å². The summed E-state index contributed by atoms with van der Waals surface area (Å²) in [4.78, 5) is 3.51. The van der Waals surface area contributed by atoms with Gasteiger partial charge in [-0.1, -0.05) is 42.2 Å². The monoisotopic (exact) mass is 371 g/mol.